The summed E-state index contributed by atoms with van der Waals surface area (Å²) in [6.45, 7) is 2.09. The van der Waals surface area contributed by atoms with Gasteiger partial charge in [0.1, 0.15) is 11.9 Å². The fourth-order valence-corrected chi connectivity index (χ4v) is 2.35. The number of nitriles is 1. The van der Waals surface area contributed by atoms with E-state index in [9.17, 15) is 4.39 Å². The van der Waals surface area contributed by atoms with Gasteiger partial charge in [0.25, 0.3) is 0 Å². The first kappa shape index (κ1) is 10.8. The maximum Gasteiger partial charge on any atom is 0.141 e. The Morgan fingerprint density at radius 1 is 1.31 bits per heavy atom. The molecule has 2 rings (SSSR count). The van der Waals surface area contributed by atoms with Crippen LogP contribution in [0.15, 0.2) is 29.6 Å². The number of hydrogen-bond acceptors (Lipinski definition) is 2. The van der Waals surface area contributed by atoms with Gasteiger partial charge in [0.05, 0.1) is 5.56 Å². The van der Waals surface area contributed by atoms with E-state index in [1.165, 1.54) is 17.0 Å². The summed E-state index contributed by atoms with van der Waals surface area (Å²) in [6, 6.07) is 8.60. The van der Waals surface area contributed by atoms with Crippen LogP contribution in [0.4, 0.5) is 4.39 Å². The molecule has 0 unspecified atom stereocenters. The molecule has 0 N–H and O–H groups in total. The van der Waals surface area contributed by atoms with Gasteiger partial charge in [-0.3, -0.25) is 0 Å². The van der Waals surface area contributed by atoms with Gasteiger partial charge in [-0.25, -0.2) is 4.39 Å². The van der Waals surface area contributed by atoms with Crippen molar-refractivity contribution in [3.8, 4) is 17.2 Å². The fraction of sp³-hybridized carbons (Fsp3) is 0.154. The number of aryl methyl sites for hydroxylation is 1. The predicted octanol–water partition coefficient (Wildman–Crippen LogP) is 3.99. The van der Waals surface area contributed by atoms with E-state index >= 15 is 0 Å². The number of nitrogens with zero attached hydrogens (tertiary/aromatic N) is 1. The molecule has 1 aromatic heterocycles. The zero-order chi connectivity index (χ0) is 11.5. The maximum atomic E-state index is 13.4. The Kier molecular flexibility index (Phi) is 3.02. The quantitative estimate of drug-likeness (QED) is 0.766. The summed E-state index contributed by atoms with van der Waals surface area (Å²) in [6.07, 6.45) is 0.990. The minimum Gasteiger partial charge on any atom is -0.206 e. The molecule has 2 aromatic rings. The van der Waals surface area contributed by atoms with E-state index in [-0.39, 0.29) is 5.56 Å². The van der Waals surface area contributed by atoms with Crippen molar-refractivity contribution in [2.75, 3.05) is 0 Å². The van der Waals surface area contributed by atoms with Crippen LogP contribution in [0.2, 0.25) is 0 Å². The zero-order valence-corrected chi connectivity index (χ0v) is 9.64. The first-order chi connectivity index (χ1) is 7.74. The van der Waals surface area contributed by atoms with Crippen molar-refractivity contribution in [1.29, 1.82) is 5.26 Å². The minimum absolute atomic E-state index is 0.0923. The third-order valence-corrected chi connectivity index (χ3v) is 3.51. The number of thiophene rings is 1. The average molecular weight is 231 g/mol. The largest absolute Gasteiger partial charge is 0.206 e. The van der Waals surface area contributed by atoms with Crippen LogP contribution in [0.25, 0.3) is 11.1 Å². The van der Waals surface area contributed by atoms with Crippen LogP contribution in [-0.2, 0) is 6.42 Å². The highest BCUT2D eigenvalue weighted by Crippen LogP contribution is 2.27. The third-order valence-electron chi connectivity index (χ3n) is 2.43. The zero-order valence-electron chi connectivity index (χ0n) is 8.83. The van der Waals surface area contributed by atoms with Gasteiger partial charge in [-0.1, -0.05) is 13.0 Å². The van der Waals surface area contributed by atoms with Gasteiger partial charge in [0.2, 0.25) is 0 Å². The van der Waals surface area contributed by atoms with Gasteiger partial charge in [-0.2, -0.15) is 5.26 Å². The molecule has 0 fully saturated rings. The van der Waals surface area contributed by atoms with Crippen LogP contribution in [0.3, 0.4) is 0 Å². The Morgan fingerprint density at radius 3 is 2.69 bits per heavy atom. The molecule has 0 saturated carbocycles. The lowest BCUT2D eigenvalue weighted by atomic mass is 10.1. The van der Waals surface area contributed by atoms with Crippen molar-refractivity contribution in [2.24, 2.45) is 0 Å². The SMILES string of the molecule is CCc1cc(-c2ccc(C#N)c(F)c2)cs1. The first-order valence-corrected chi connectivity index (χ1v) is 5.90. The highest BCUT2D eigenvalue weighted by molar-refractivity contribution is 7.10. The monoisotopic (exact) mass is 231 g/mol. The lowest BCUT2D eigenvalue weighted by molar-refractivity contribution is 0.624. The van der Waals surface area contributed by atoms with Crippen LogP contribution in [0.1, 0.15) is 17.4 Å². The van der Waals surface area contributed by atoms with E-state index in [1.54, 1.807) is 17.4 Å². The van der Waals surface area contributed by atoms with Crippen molar-refractivity contribution in [3.05, 3.63) is 45.9 Å². The standard InChI is InChI=1S/C13H10FNS/c1-2-12-5-11(8-16-12)9-3-4-10(7-15)13(14)6-9/h3-6,8H,2H2,1H3. The second kappa shape index (κ2) is 4.46. The Morgan fingerprint density at radius 2 is 2.12 bits per heavy atom. The third kappa shape index (κ3) is 1.98. The van der Waals surface area contributed by atoms with E-state index in [0.29, 0.717) is 0 Å². The van der Waals surface area contributed by atoms with Crippen molar-refractivity contribution < 1.29 is 4.39 Å². The molecule has 16 heavy (non-hydrogen) atoms. The van der Waals surface area contributed by atoms with Gasteiger partial charge in [-0.15, -0.1) is 11.3 Å². The fourth-order valence-electron chi connectivity index (χ4n) is 1.50. The van der Waals surface area contributed by atoms with Crippen LogP contribution in [0, 0.1) is 17.1 Å². The molecule has 0 bridgehead atoms. The maximum absolute atomic E-state index is 13.4. The first-order valence-electron chi connectivity index (χ1n) is 5.02. The second-order valence-corrected chi connectivity index (χ2v) is 4.46. The molecule has 3 heteroatoms. The molecule has 0 aliphatic rings. The Bertz CT molecular complexity index is 551. The van der Waals surface area contributed by atoms with Crippen molar-refractivity contribution >= 4 is 11.3 Å². The van der Waals surface area contributed by atoms with E-state index in [2.05, 4.69) is 13.0 Å². The lowest BCUT2D eigenvalue weighted by Gasteiger charge is -1.99. The normalized spacial score (nSPS) is 10.1. The average Bonchev–Trinajstić information content (AvgIpc) is 2.77. The molecule has 1 aromatic carbocycles. The molecular formula is C13H10FNS. The molecular weight excluding hydrogens is 221 g/mol. The highest BCUT2D eigenvalue weighted by Gasteiger charge is 2.06. The molecule has 0 atom stereocenters. The van der Waals surface area contributed by atoms with E-state index in [0.717, 1.165) is 17.5 Å². The van der Waals surface area contributed by atoms with Crippen molar-refractivity contribution in [2.45, 2.75) is 13.3 Å². The topological polar surface area (TPSA) is 23.8 Å². The van der Waals surface area contributed by atoms with Gasteiger partial charge in [0, 0.05) is 4.88 Å². The molecule has 0 aliphatic heterocycles. The van der Waals surface area contributed by atoms with Crippen molar-refractivity contribution in [3.63, 3.8) is 0 Å². The van der Waals surface area contributed by atoms with Crippen LogP contribution < -0.4 is 0 Å². The number of halogens is 1. The van der Waals surface area contributed by atoms with Crippen LogP contribution in [-0.4, -0.2) is 0 Å². The van der Waals surface area contributed by atoms with E-state index in [1.807, 2.05) is 11.4 Å². The van der Waals surface area contributed by atoms with Gasteiger partial charge < -0.3 is 0 Å². The summed E-state index contributed by atoms with van der Waals surface area (Å²) in [4.78, 5) is 1.28. The van der Waals surface area contributed by atoms with E-state index < -0.39 is 5.82 Å². The summed E-state index contributed by atoms with van der Waals surface area (Å²) < 4.78 is 13.4. The molecule has 0 spiro atoms. The van der Waals surface area contributed by atoms with Crippen molar-refractivity contribution in [1.82, 2.24) is 0 Å². The molecule has 0 aliphatic carbocycles. The molecule has 0 saturated heterocycles. The Labute approximate surface area is 97.8 Å². The molecule has 0 radical (unpaired) electrons. The summed E-state index contributed by atoms with van der Waals surface area (Å²) in [5, 5.41) is 10.6. The summed E-state index contributed by atoms with van der Waals surface area (Å²) in [7, 11) is 0. The van der Waals surface area contributed by atoms with Gasteiger partial charge in [0.15, 0.2) is 0 Å². The number of benzene rings is 1. The van der Waals surface area contributed by atoms with Crippen LogP contribution in [0.5, 0.6) is 0 Å². The smallest absolute Gasteiger partial charge is 0.141 e. The summed E-state index contributed by atoms with van der Waals surface area (Å²) in [5.41, 5.74) is 1.94. The summed E-state index contributed by atoms with van der Waals surface area (Å²) in [5.74, 6) is -0.454. The highest BCUT2D eigenvalue weighted by atomic mass is 32.1. The molecule has 80 valence electrons. The molecule has 1 heterocycles. The number of hydrogen-bond donors (Lipinski definition) is 0. The van der Waals surface area contributed by atoms with Gasteiger partial charge >= 0.3 is 0 Å². The van der Waals surface area contributed by atoms with Crippen LogP contribution >= 0.6 is 11.3 Å². The van der Waals surface area contributed by atoms with E-state index in [4.69, 9.17) is 5.26 Å². The summed E-state index contributed by atoms with van der Waals surface area (Å²) >= 11 is 1.67. The molecule has 1 nitrogen and oxygen atoms in total. The minimum atomic E-state index is -0.454. The molecule has 0 amide bonds. The second-order valence-electron chi connectivity index (χ2n) is 3.46. The Balaban J connectivity index is 2.42. The Hall–Kier alpha value is -1.66. The number of rotatable bonds is 2. The lowest BCUT2D eigenvalue weighted by Crippen LogP contribution is -1.84. The van der Waals surface area contributed by atoms with Gasteiger partial charge in [-0.05, 0) is 41.1 Å². The predicted molar refractivity (Wildman–Crippen MR) is 63.8 cm³/mol.